The Morgan fingerprint density at radius 3 is 1.53 bits per heavy atom. The van der Waals surface area contributed by atoms with Crippen molar-refractivity contribution >= 4 is 96.6 Å². The summed E-state index contributed by atoms with van der Waals surface area (Å²) in [6.45, 7) is 19.5. The maximum Gasteiger partial charge on any atom is 0.197 e. The maximum atomic E-state index is 14.7. The van der Waals surface area contributed by atoms with Crippen molar-refractivity contribution in [1.29, 1.82) is 0 Å². The van der Waals surface area contributed by atoms with Gasteiger partial charge in [0.15, 0.2) is 35.3 Å². The quantitative estimate of drug-likeness (QED) is 0.0516. The number of carbonyl (C=O) groups is 4. The minimum atomic E-state index is -0.251. The Morgan fingerprint density at radius 1 is 0.553 bits per heavy atom. The minimum absolute atomic E-state index is 0.0200. The first kappa shape index (κ1) is 49.8. The second-order valence-electron chi connectivity index (χ2n) is 21.2. The molecule has 9 heteroatoms. The Hall–Kier alpha value is -8.40. The van der Waals surface area contributed by atoms with Gasteiger partial charge < -0.3 is 0 Å². The van der Waals surface area contributed by atoms with Gasteiger partial charge in [0, 0.05) is 32.0 Å². The fourth-order valence-electron chi connectivity index (χ4n) is 10.8. The monoisotopic (exact) mass is 1010 g/mol. The highest BCUT2D eigenvalue weighted by Crippen LogP contribution is 2.55. The van der Waals surface area contributed by atoms with E-state index in [0.29, 0.717) is 39.5 Å². The predicted molar refractivity (Wildman–Crippen MR) is 312 cm³/mol. The van der Waals surface area contributed by atoms with Crippen molar-refractivity contribution in [2.75, 3.05) is 9.80 Å². The smallest absolute Gasteiger partial charge is 0.197 e. The molecule has 0 saturated carbocycles. The molecule has 0 N–H and O–H groups in total. The van der Waals surface area contributed by atoms with Crippen LogP contribution in [0.25, 0.3) is 49.1 Å². The summed E-state index contributed by atoms with van der Waals surface area (Å²) in [6.07, 6.45) is 6.41. The lowest BCUT2D eigenvalue weighted by molar-refractivity contribution is 0.0987. The van der Waals surface area contributed by atoms with E-state index in [-0.39, 0.29) is 46.6 Å². The number of rotatable bonds is 12. The molecule has 0 fully saturated rings. The van der Waals surface area contributed by atoms with Crippen LogP contribution in [-0.4, -0.2) is 33.6 Å². The molecule has 0 amide bonds. The number of hydrogen-bond donors (Lipinski definition) is 0. The molecule has 11 rings (SSSR count). The molecule has 0 radical (unpaired) electrons. The molecule has 3 heterocycles. The van der Waals surface area contributed by atoms with Gasteiger partial charge in [-0.05, 0) is 158 Å². The highest BCUT2D eigenvalue weighted by molar-refractivity contribution is 7.16. The van der Waals surface area contributed by atoms with Crippen LogP contribution in [0, 0.1) is 0 Å². The van der Waals surface area contributed by atoms with Gasteiger partial charge in [-0.3, -0.25) is 29.0 Å². The molecule has 0 bridgehead atoms. The van der Waals surface area contributed by atoms with Crippen molar-refractivity contribution in [3.05, 3.63) is 218 Å². The number of thiophene rings is 1. The number of anilines is 4. The summed E-state index contributed by atoms with van der Waals surface area (Å²) in [6, 6.07) is 45.9. The zero-order valence-electron chi connectivity index (χ0n) is 44.2. The van der Waals surface area contributed by atoms with Crippen LogP contribution >= 0.6 is 11.3 Å². The van der Waals surface area contributed by atoms with E-state index in [1.54, 1.807) is 23.5 Å². The number of fused-ring (bicyclic) bond motifs is 5. The van der Waals surface area contributed by atoms with Gasteiger partial charge in [-0.2, -0.15) is 0 Å². The lowest BCUT2D eigenvalue weighted by atomic mass is 9.89. The maximum absolute atomic E-state index is 14.7. The standard InChI is InChI=1S/C67H58N4O4S/c1-37(2)49-21-16-22-50(38(3)4)61(49)70-60(28-25-41(9)63(73)53-30-43-18-11-10-17-42(43)29-47(53)36-72)71(67-66(70)68-57-23-14-15-24-58(57)69-67)62-51(39(5)6)33-46(34-52(62)40(7)8)59-27-26-48(76-59)35-56-64(74)54-31-44-19-12-13-20-45(44)32-55(54)65(56)75/h10-40H,1-9H3/b41-25+,60-28-. The fraction of sp³-hybridized carbons (Fsp3) is 0.194. The van der Waals surface area contributed by atoms with E-state index in [9.17, 15) is 19.2 Å². The predicted octanol–water partition coefficient (Wildman–Crippen LogP) is 17.4. The molecular formula is C67H58N4O4S. The number of para-hydroxylation sites is 3. The second-order valence-corrected chi connectivity index (χ2v) is 22.3. The number of benzene rings is 7. The Kier molecular flexibility index (Phi) is 12.9. The van der Waals surface area contributed by atoms with E-state index < -0.39 is 0 Å². The van der Waals surface area contributed by atoms with E-state index in [4.69, 9.17) is 9.97 Å². The summed E-state index contributed by atoms with van der Waals surface area (Å²) in [5.74, 6) is 1.66. The first-order valence-electron chi connectivity index (χ1n) is 26.1. The van der Waals surface area contributed by atoms with Crippen molar-refractivity contribution in [3.63, 3.8) is 0 Å². The van der Waals surface area contributed by atoms with E-state index >= 15 is 0 Å². The topological polar surface area (TPSA) is 101 Å². The summed E-state index contributed by atoms with van der Waals surface area (Å²) in [4.78, 5) is 72.3. The molecule has 8 nitrogen and oxygen atoms in total. The largest absolute Gasteiger partial charge is 0.298 e. The Bertz CT molecular complexity index is 3910. The van der Waals surface area contributed by atoms with Gasteiger partial charge in [0.05, 0.1) is 28.0 Å². The number of aromatic nitrogens is 2. The SMILES string of the molecule is C/C(=C\C=C1\N(c2c(C(C)C)cccc2C(C)C)c2nc3ccccc3nc2N1c1c(C(C)C)cc(-c2ccc(C=C3C(=O)c4cc5ccccc5cc4C3=O)s2)cc1C(C)C)C(=O)c1cc2ccccc2cc1C=O. The number of hydrogen-bond acceptors (Lipinski definition) is 9. The molecule has 2 aliphatic rings. The van der Waals surface area contributed by atoms with Crippen LogP contribution in [0.4, 0.5) is 23.0 Å². The molecule has 0 atom stereocenters. The van der Waals surface area contributed by atoms with Crippen LogP contribution in [0.5, 0.6) is 0 Å². The van der Waals surface area contributed by atoms with Crippen LogP contribution in [0.2, 0.25) is 0 Å². The third-order valence-electron chi connectivity index (χ3n) is 14.8. The molecule has 1 aliphatic carbocycles. The van der Waals surface area contributed by atoms with E-state index in [1.807, 2.05) is 116 Å². The van der Waals surface area contributed by atoms with Crippen molar-refractivity contribution in [3.8, 4) is 10.4 Å². The van der Waals surface area contributed by atoms with Crippen LogP contribution < -0.4 is 9.80 Å². The van der Waals surface area contributed by atoms with Crippen molar-refractivity contribution in [2.45, 2.75) is 86.0 Å². The average Bonchev–Trinajstić information content (AvgIpc) is 4.14. The Labute approximate surface area is 447 Å². The Morgan fingerprint density at radius 2 is 1.03 bits per heavy atom. The van der Waals surface area contributed by atoms with Crippen LogP contribution in [0.1, 0.15) is 155 Å². The van der Waals surface area contributed by atoms with Crippen LogP contribution in [-0.2, 0) is 0 Å². The third kappa shape index (κ3) is 8.58. The number of aldehydes is 1. The van der Waals surface area contributed by atoms with Gasteiger partial charge in [-0.15, -0.1) is 11.3 Å². The van der Waals surface area contributed by atoms with Gasteiger partial charge in [0.25, 0.3) is 0 Å². The number of Topliss-reactive ketones (excluding diaryl/α,β-unsaturated/α-hetero) is 3. The van der Waals surface area contributed by atoms with Gasteiger partial charge >= 0.3 is 0 Å². The van der Waals surface area contributed by atoms with Gasteiger partial charge in [0.2, 0.25) is 0 Å². The zero-order valence-corrected chi connectivity index (χ0v) is 45.0. The lowest BCUT2D eigenvalue weighted by Crippen LogP contribution is -2.26. The fourth-order valence-corrected chi connectivity index (χ4v) is 11.8. The highest BCUT2D eigenvalue weighted by atomic mass is 32.1. The second kappa shape index (κ2) is 19.7. The summed E-state index contributed by atoms with van der Waals surface area (Å²) in [5.41, 5.74) is 11.2. The number of ketones is 3. The number of carbonyl (C=O) groups excluding carboxylic acids is 4. The average molecular weight is 1020 g/mol. The molecule has 0 unspecified atom stereocenters. The molecule has 7 aromatic carbocycles. The van der Waals surface area contributed by atoms with E-state index in [0.717, 1.165) is 93.6 Å². The molecule has 9 aromatic rings. The normalized spacial score (nSPS) is 14.2. The summed E-state index contributed by atoms with van der Waals surface area (Å²) < 4.78 is 0. The van der Waals surface area contributed by atoms with Crippen molar-refractivity contribution < 1.29 is 19.2 Å². The lowest BCUT2D eigenvalue weighted by Gasteiger charge is -2.33. The van der Waals surface area contributed by atoms with Crippen molar-refractivity contribution in [1.82, 2.24) is 9.97 Å². The molecule has 0 saturated heterocycles. The van der Waals surface area contributed by atoms with Crippen molar-refractivity contribution in [2.24, 2.45) is 0 Å². The molecule has 0 spiro atoms. The highest BCUT2D eigenvalue weighted by Gasteiger charge is 2.42. The van der Waals surface area contributed by atoms with Gasteiger partial charge in [0.1, 0.15) is 5.82 Å². The first-order chi connectivity index (χ1) is 36.6. The van der Waals surface area contributed by atoms with Gasteiger partial charge in [-0.1, -0.05) is 140 Å². The summed E-state index contributed by atoms with van der Waals surface area (Å²) in [5, 5.41) is 3.62. The Balaban J connectivity index is 1.11. The third-order valence-corrected chi connectivity index (χ3v) is 15.9. The summed E-state index contributed by atoms with van der Waals surface area (Å²) >= 11 is 1.55. The van der Waals surface area contributed by atoms with E-state index in [2.05, 4.69) is 102 Å². The van der Waals surface area contributed by atoms with Gasteiger partial charge in [-0.25, -0.2) is 9.97 Å². The minimum Gasteiger partial charge on any atom is -0.298 e. The van der Waals surface area contributed by atoms with Crippen LogP contribution in [0.3, 0.4) is 0 Å². The summed E-state index contributed by atoms with van der Waals surface area (Å²) in [7, 11) is 0. The zero-order chi connectivity index (χ0) is 53.3. The molecule has 376 valence electrons. The number of nitrogens with zero attached hydrogens (tertiary/aromatic N) is 4. The molecule has 1 aliphatic heterocycles. The molecule has 2 aromatic heterocycles. The first-order valence-corrected chi connectivity index (χ1v) is 27.0. The molecule has 76 heavy (non-hydrogen) atoms. The van der Waals surface area contributed by atoms with Crippen LogP contribution in [0.15, 0.2) is 169 Å². The van der Waals surface area contributed by atoms with E-state index in [1.165, 1.54) is 0 Å². The molecular weight excluding hydrogens is 957 g/mol. The number of allylic oxidation sites excluding steroid dienone is 4.